The molecular weight excluding hydrogens is 346 g/mol. The number of aromatic nitrogens is 1. The first-order chi connectivity index (χ1) is 12.6. The van der Waals surface area contributed by atoms with E-state index in [9.17, 15) is 9.59 Å². The van der Waals surface area contributed by atoms with E-state index in [2.05, 4.69) is 22.8 Å². The molecule has 0 saturated carbocycles. The van der Waals surface area contributed by atoms with Gasteiger partial charge in [-0.2, -0.15) is 0 Å². The van der Waals surface area contributed by atoms with Crippen LogP contribution >= 0.6 is 11.3 Å². The summed E-state index contributed by atoms with van der Waals surface area (Å²) >= 11 is 1.60. The highest BCUT2D eigenvalue weighted by molar-refractivity contribution is 7.17. The Kier molecular flexibility index (Phi) is 4.51. The molecule has 1 aliphatic carbocycles. The van der Waals surface area contributed by atoms with Crippen molar-refractivity contribution in [2.24, 2.45) is 7.05 Å². The van der Waals surface area contributed by atoms with Crippen molar-refractivity contribution in [3.05, 3.63) is 58.6 Å². The van der Waals surface area contributed by atoms with E-state index < -0.39 is 0 Å². The third-order valence-corrected chi connectivity index (χ3v) is 5.86. The zero-order valence-electron chi connectivity index (χ0n) is 14.6. The molecule has 0 bridgehead atoms. The van der Waals surface area contributed by atoms with Crippen molar-refractivity contribution in [2.45, 2.75) is 25.3 Å². The van der Waals surface area contributed by atoms with Gasteiger partial charge in [-0.25, -0.2) is 0 Å². The maximum Gasteiger partial charge on any atom is 0.268 e. The Morgan fingerprint density at radius 3 is 2.96 bits per heavy atom. The topological polar surface area (TPSA) is 63.1 Å². The molecule has 1 aliphatic rings. The second-order valence-electron chi connectivity index (χ2n) is 6.65. The van der Waals surface area contributed by atoms with Crippen molar-refractivity contribution in [1.82, 2.24) is 15.2 Å². The predicted octanol–water partition coefficient (Wildman–Crippen LogP) is 3.16. The van der Waals surface area contributed by atoms with Gasteiger partial charge in [0.25, 0.3) is 5.91 Å². The molecule has 2 N–H and O–H groups in total. The molecule has 3 aromatic rings. The zero-order chi connectivity index (χ0) is 18.1. The molecule has 2 aromatic heterocycles. The van der Waals surface area contributed by atoms with Crippen LogP contribution in [0.1, 0.15) is 40.5 Å². The van der Waals surface area contributed by atoms with Gasteiger partial charge in [0.05, 0.1) is 22.8 Å². The number of carbonyl (C=O) groups is 2. The van der Waals surface area contributed by atoms with E-state index in [-0.39, 0.29) is 24.4 Å². The number of benzene rings is 1. The Labute approximate surface area is 156 Å². The molecule has 0 saturated heterocycles. The van der Waals surface area contributed by atoms with Crippen LogP contribution in [0.3, 0.4) is 0 Å². The van der Waals surface area contributed by atoms with Gasteiger partial charge in [0.2, 0.25) is 5.91 Å². The van der Waals surface area contributed by atoms with Gasteiger partial charge in [-0.1, -0.05) is 24.3 Å². The molecule has 0 radical (unpaired) electrons. The molecule has 0 aliphatic heterocycles. The Morgan fingerprint density at radius 1 is 1.27 bits per heavy atom. The van der Waals surface area contributed by atoms with Crippen LogP contribution in [0.25, 0.3) is 10.2 Å². The number of fused-ring (bicyclic) bond motifs is 2. The lowest BCUT2D eigenvalue weighted by molar-refractivity contribution is -0.121. The van der Waals surface area contributed by atoms with Crippen molar-refractivity contribution in [3.8, 4) is 0 Å². The fourth-order valence-electron chi connectivity index (χ4n) is 3.67. The number of amides is 2. The van der Waals surface area contributed by atoms with Crippen LogP contribution in [0.15, 0.2) is 41.8 Å². The number of hydrogen-bond donors (Lipinski definition) is 2. The van der Waals surface area contributed by atoms with Gasteiger partial charge >= 0.3 is 0 Å². The molecule has 0 spiro atoms. The molecule has 134 valence electrons. The maximum absolute atomic E-state index is 12.4. The van der Waals surface area contributed by atoms with E-state index in [1.165, 1.54) is 11.1 Å². The van der Waals surface area contributed by atoms with E-state index >= 15 is 0 Å². The summed E-state index contributed by atoms with van der Waals surface area (Å²) < 4.78 is 2.93. The third kappa shape index (κ3) is 3.12. The highest BCUT2D eigenvalue weighted by Crippen LogP contribution is 2.29. The van der Waals surface area contributed by atoms with Gasteiger partial charge in [0.15, 0.2) is 0 Å². The first-order valence-corrected chi connectivity index (χ1v) is 9.70. The summed E-state index contributed by atoms with van der Waals surface area (Å²) in [6.07, 6.45) is 3.06. The second-order valence-corrected chi connectivity index (χ2v) is 7.60. The first kappa shape index (κ1) is 16.8. The van der Waals surface area contributed by atoms with Crippen molar-refractivity contribution in [2.75, 3.05) is 6.54 Å². The standard InChI is InChI=1S/C20H21N3O2S/c1-23-16-9-10-26-18(16)11-17(23)20(25)21-12-19(24)22-15-8-4-6-13-5-2-3-7-14(13)15/h2-3,5,7,9-11,15H,4,6,8,12H2,1H3,(H,21,25)(H,22,24). The summed E-state index contributed by atoms with van der Waals surface area (Å²) in [6.45, 7) is -0.0175. The van der Waals surface area contributed by atoms with Crippen LogP contribution in [-0.2, 0) is 18.3 Å². The number of thiophene rings is 1. The highest BCUT2D eigenvalue weighted by Gasteiger charge is 2.22. The number of nitrogens with zero attached hydrogens (tertiary/aromatic N) is 1. The quantitative estimate of drug-likeness (QED) is 0.744. The first-order valence-electron chi connectivity index (χ1n) is 8.82. The van der Waals surface area contributed by atoms with Gasteiger partial charge in [0, 0.05) is 7.05 Å². The van der Waals surface area contributed by atoms with Gasteiger partial charge in [-0.15, -0.1) is 11.3 Å². The molecule has 26 heavy (non-hydrogen) atoms. The van der Waals surface area contributed by atoms with Crippen LogP contribution in [-0.4, -0.2) is 22.9 Å². The number of carbonyl (C=O) groups excluding carboxylic acids is 2. The highest BCUT2D eigenvalue weighted by atomic mass is 32.1. The summed E-state index contributed by atoms with van der Waals surface area (Å²) in [7, 11) is 1.86. The van der Waals surface area contributed by atoms with Crippen molar-refractivity contribution >= 4 is 33.4 Å². The van der Waals surface area contributed by atoms with E-state index in [1.807, 2.05) is 41.3 Å². The fraction of sp³-hybridized carbons (Fsp3) is 0.300. The smallest absolute Gasteiger partial charge is 0.268 e. The van der Waals surface area contributed by atoms with Crippen molar-refractivity contribution < 1.29 is 9.59 Å². The maximum atomic E-state index is 12.4. The van der Waals surface area contributed by atoms with E-state index in [4.69, 9.17) is 0 Å². The van der Waals surface area contributed by atoms with Crippen LogP contribution in [0.2, 0.25) is 0 Å². The summed E-state index contributed by atoms with van der Waals surface area (Å²) in [6, 6.07) is 12.1. The summed E-state index contributed by atoms with van der Waals surface area (Å²) in [5, 5.41) is 7.80. The molecule has 2 amide bonds. The van der Waals surface area contributed by atoms with Gasteiger partial charge < -0.3 is 15.2 Å². The fourth-order valence-corrected chi connectivity index (χ4v) is 4.52. The Hall–Kier alpha value is -2.60. The molecule has 6 heteroatoms. The summed E-state index contributed by atoms with van der Waals surface area (Å²) in [5.74, 6) is -0.383. The number of hydrogen-bond acceptors (Lipinski definition) is 3. The predicted molar refractivity (Wildman–Crippen MR) is 103 cm³/mol. The Bertz CT molecular complexity index is 973. The average Bonchev–Trinajstić information content (AvgIpc) is 3.23. The van der Waals surface area contributed by atoms with E-state index in [1.54, 1.807) is 11.3 Å². The molecule has 1 unspecified atom stereocenters. The largest absolute Gasteiger partial charge is 0.348 e. The van der Waals surface area contributed by atoms with Gasteiger partial charge in [-0.05, 0) is 47.9 Å². The number of rotatable bonds is 4. The lowest BCUT2D eigenvalue weighted by Gasteiger charge is -2.26. The summed E-state index contributed by atoms with van der Waals surface area (Å²) in [5.41, 5.74) is 4.10. The third-order valence-electron chi connectivity index (χ3n) is 5.01. The molecule has 1 atom stereocenters. The molecule has 4 rings (SSSR count). The Morgan fingerprint density at radius 2 is 2.12 bits per heavy atom. The van der Waals surface area contributed by atoms with Crippen LogP contribution in [0.4, 0.5) is 0 Å². The van der Waals surface area contributed by atoms with Crippen molar-refractivity contribution in [1.29, 1.82) is 0 Å². The minimum absolute atomic E-state index is 0.0175. The van der Waals surface area contributed by atoms with Crippen LogP contribution < -0.4 is 10.6 Å². The van der Waals surface area contributed by atoms with E-state index in [0.29, 0.717) is 5.69 Å². The minimum atomic E-state index is -0.227. The second kappa shape index (κ2) is 6.96. The Balaban J connectivity index is 1.38. The zero-order valence-corrected chi connectivity index (χ0v) is 15.4. The minimum Gasteiger partial charge on any atom is -0.348 e. The van der Waals surface area contributed by atoms with Crippen LogP contribution in [0.5, 0.6) is 0 Å². The van der Waals surface area contributed by atoms with Crippen LogP contribution in [0, 0.1) is 0 Å². The number of aryl methyl sites for hydroxylation is 2. The molecule has 2 heterocycles. The molecule has 0 fully saturated rings. The van der Waals surface area contributed by atoms with E-state index in [0.717, 1.165) is 29.5 Å². The summed E-state index contributed by atoms with van der Waals surface area (Å²) in [4.78, 5) is 24.8. The molecular formula is C20H21N3O2S. The lowest BCUT2D eigenvalue weighted by atomic mass is 9.88. The van der Waals surface area contributed by atoms with Gasteiger partial charge in [-0.3, -0.25) is 9.59 Å². The number of nitrogens with one attached hydrogen (secondary N) is 2. The normalized spacial score (nSPS) is 16.3. The monoisotopic (exact) mass is 367 g/mol. The SMILES string of the molecule is Cn1c(C(=O)NCC(=O)NC2CCCc3ccccc32)cc2sccc21. The molecule has 1 aromatic carbocycles. The lowest BCUT2D eigenvalue weighted by Crippen LogP contribution is -2.39. The molecule has 5 nitrogen and oxygen atoms in total. The van der Waals surface area contributed by atoms with Gasteiger partial charge in [0.1, 0.15) is 5.69 Å². The van der Waals surface area contributed by atoms with Crippen molar-refractivity contribution in [3.63, 3.8) is 0 Å². The average molecular weight is 367 g/mol.